The summed E-state index contributed by atoms with van der Waals surface area (Å²) in [6.45, 7) is 0.413. The maximum atomic E-state index is 12.8. The number of Topliss-reactive ketones (excluding diaryl/α,β-unsaturated/α-hetero) is 1. The highest BCUT2D eigenvalue weighted by Gasteiger charge is 2.31. The molecule has 29 heavy (non-hydrogen) atoms. The highest BCUT2D eigenvalue weighted by molar-refractivity contribution is 7.80. The summed E-state index contributed by atoms with van der Waals surface area (Å²) < 4.78 is 35.3. The van der Waals surface area contributed by atoms with Crippen molar-refractivity contribution in [3.63, 3.8) is 0 Å². The molecule has 152 valence electrons. The molecule has 1 atom stereocenters. The first-order chi connectivity index (χ1) is 13.8. The van der Waals surface area contributed by atoms with Gasteiger partial charge in [-0.1, -0.05) is 35.9 Å². The van der Waals surface area contributed by atoms with Crippen molar-refractivity contribution in [1.82, 2.24) is 10.6 Å². The van der Waals surface area contributed by atoms with Crippen LogP contribution in [0.4, 0.5) is 8.78 Å². The molecule has 2 aromatic carbocycles. The van der Waals surface area contributed by atoms with Crippen molar-refractivity contribution in [3.05, 3.63) is 64.7 Å². The molecule has 0 amide bonds. The Kier molecular flexibility index (Phi) is 6.12. The van der Waals surface area contributed by atoms with Crippen LogP contribution in [0, 0.1) is 6.92 Å². The molecule has 0 saturated heterocycles. The lowest BCUT2D eigenvalue weighted by atomic mass is 9.90. The first-order valence-electron chi connectivity index (χ1n) is 8.82. The van der Waals surface area contributed by atoms with E-state index in [1.807, 2.05) is 31.2 Å². The summed E-state index contributed by atoms with van der Waals surface area (Å²) in [5.41, 5.74) is 3.44. The van der Waals surface area contributed by atoms with E-state index in [-0.39, 0.29) is 17.3 Å². The van der Waals surface area contributed by atoms with Crippen LogP contribution < -0.4 is 20.1 Å². The van der Waals surface area contributed by atoms with Crippen LogP contribution in [-0.4, -0.2) is 24.6 Å². The van der Waals surface area contributed by atoms with Crippen LogP contribution >= 0.6 is 12.2 Å². The Hall–Kier alpha value is -3.00. The molecule has 0 bridgehead atoms. The molecule has 0 saturated carbocycles. The van der Waals surface area contributed by atoms with Gasteiger partial charge in [0.15, 0.2) is 22.4 Å². The number of rotatable bonds is 6. The van der Waals surface area contributed by atoms with E-state index in [9.17, 15) is 13.6 Å². The zero-order chi connectivity index (χ0) is 21.1. The van der Waals surface area contributed by atoms with Gasteiger partial charge in [0.25, 0.3) is 0 Å². The quantitative estimate of drug-likeness (QED) is 0.688. The Morgan fingerprint density at radius 1 is 1.14 bits per heavy atom. The topological polar surface area (TPSA) is 59.6 Å². The van der Waals surface area contributed by atoms with Gasteiger partial charge in [-0.15, -0.1) is 0 Å². The van der Waals surface area contributed by atoms with Gasteiger partial charge in [0.1, 0.15) is 0 Å². The van der Waals surface area contributed by atoms with Crippen LogP contribution in [0.15, 0.2) is 48.0 Å². The number of ether oxygens (including phenoxy) is 2. The third-order valence-electron chi connectivity index (χ3n) is 4.53. The number of hydrogen-bond donors (Lipinski definition) is 2. The van der Waals surface area contributed by atoms with Gasteiger partial charge in [0.2, 0.25) is 0 Å². The molecular formula is C21H20F2N2O3S. The molecule has 0 radical (unpaired) electrons. The second kappa shape index (κ2) is 8.57. The Morgan fingerprint density at radius 2 is 1.83 bits per heavy atom. The second-order valence-electron chi connectivity index (χ2n) is 6.53. The van der Waals surface area contributed by atoms with Crippen LogP contribution in [0.1, 0.15) is 29.7 Å². The number of carbonyl (C=O) groups is 1. The molecule has 3 rings (SSSR count). The number of alkyl halides is 2. The zero-order valence-electron chi connectivity index (χ0n) is 16.1. The summed E-state index contributed by atoms with van der Waals surface area (Å²) in [6, 6.07) is 11.6. The third kappa shape index (κ3) is 4.54. The lowest BCUT2D eigenvalue weighted by Crippen LogP contribution is -2.44. The van der Waals surface area contributed by atoms with Crippen molar-refractivity contribution >= 4 is 28.8 Å². The summed E-state index contributed by atoms with van der Waals surface area (Å²) in [5.74, 6) is -0.135. The minimum atomic E-state index is -3.01. The van der Waals surface area contributed by atoms with Crippen LogP contribution in [-0.2, 0) is 4.79 Å². The zero-order valence-corrected chi connectivity index (χ0v) is 16.9. The number of carbonyl (C=O) groups excluding carboxylic acids is 1. The Bertz CT molecular complexity index is 974. The highest BCUT2D eigenvalue weighted by atomic mass is 32.1. The maximum absolute atomic E-state index is 12.8. The lowest BCUT2D eigenvalue weighted by molar-refractivity contribution is -0.113. The molecule has 0 fully saturated rings. The van der Waals surface area contributed by atoms with Crippen molar-refractivity contribution in [3.8, 4) is 11.5 Å². The van der Waals surface area contributed by atoms with Gasteiger partial charge in [-0.2, -0.15) is 8.78 Å². The van der Waals surface area contributed by atoms with Gasteiger partial charge in [0.05, 0.1) is 18.8 Å². The summed E-state index contributed by atoms with van der Waals surface area (Å²) in [5, 5.41) is 6.43. The van der Waals surface area contributed by atoms with Gasteiger partial charge in [-0.3, -0.25) is 4.79 Å². The largest absolute Gasteiger partial charge is 0.493 e. The molecule has 0 spiro atoms. The molecule has 0 aromatic heterocycles. The Morgan fingerprint density at radius 3 is 2.41 bits per heavy atom. The standard InChI is InChI=1S/C21H20F2N2O3S/c1-11-4-6-13(7-5-11)18-17(12(2)26)19(25-21(29)24-18)14-8-9-15(27-3)16(10-14)28-20(22)23/h4-10,19-20H,1-3H3,(H2,24,25,29)/t19-/m0/s1. The normalized spacial score (nSPS) is 16.3. The van der Waals surface area contributed by atoms with E-state index in [0.29, 0.717) is 21.9 Å². The fraction of sp³-hybridized carbons (Fsp3) is 0.238. The number of methoxy groups -OCH3 is 1. The van der Waals surface area contributed by atoms with E-state index in [4.69, 9.17) is 17.0 Å². The van der Waals surface area contributed by atoms with Crippen molar-refractivity contribution in [2.75, 3.05) is 7.11 Å². The average molecular weight is 418 g/mol. The SMILES string of the molecule is COc1ccc([C@@H]2NC(=S)NC(c3ccc(C)cc3)=C2C(C)=O)cc1OC(F)F. The number of aryl methyl sites for hydroxylation is 1. The molecule has 2 aromatic rings. The van der Waals surface area contributed by atoms with Gasteiger partial charge in [-0.25, -0.2) is 0 Å². The van der Waals surface area contributed by atoms with Gasteiger partial charge >= 0.3 is 6.61 Å². The van der Waals surface area contributed by atoms with Crippen LogP contribution in [0.5, 0.6) is 11.5 Å². The number of thiocarbonyl (C=S) groups is 1. The fourth-order valence-electron chi connectivity index (χ4n) is 3.20. The van der Waals surface area contributed by atoms with Crippen molar-refractivity contribution in [2.24, 2.45) is 0 Å². The van der Waals surface area contributed by atoms with E-state index in [2.05, 4.69) is 15.4 Å². The minimum absolute atomic E-state index is 0.119. The molecule has 1 heterocycles. The molecule has 1 aliphatic rings. The average Bonchev–Trinajstić information content (AvgIpc) is 2.67. The van der Waals surface area contributed by atoms with Crippen LogP contribution in [0.2, 0.25) is 0 Å². The molecule has 0 unspecified atom stereocenters. The van der Waals surface area contributed by atoms with Crippen LogP contribution in [0.25, 0.3) is 5.70 Å². The van der Waals surface area contributed by atoms with Crippen LogP contribution in [0.3, 0.4) is 0 Å². The second-order valence-corrected chi connectivity index (χ2v) is 6.94. The highest BCUT2D eigenvalue weighted by Crippen LogP contribution is 2.36. The predicted octanol–water partition coefficient (Wildman–Crippen LogP) is 4.12. The van der Waals surface area contributed by atoms with Gasteiger partial charge in [-0.05, 0) is 49.3 Å². The molecular weight excluding hydrogens is 398 g/mol. The van der Waals surface area contributed by atoms with Gasteiger partial charge < -0.3 is 20.1 Å². The predicted molar refractivity (Wildman–Crippen MR) is 110 cm³/mol. The third-order valence-corrected chi connectivity index (χ3v) is 4.75. The molecule has 5 nitrogen and oxygen atoms in total. The summed E-state index contributed by atoms with van der Waals surface area (Å²) >= 11 is 5.33. The van der Waals surface area contributed by atoms with E-state index < -0.39 is 12.7 Å². The van der Waals surface area contributed by atoms with E-state index in [1.54, 1.807) is 6.07 Å². The monoisotopic (exact) mass is 418 g/mol. The summed E-state index contributed by atoms with van der Waals surface area (Å²) in [6.07, 6.45) is 0. The van der Waals surface area contributed by atoms with E-state index >= 15 is 0 Å². The Labute approximate surface area is 172 Å². The number of nitrogens with one attached hydrogen (secondary N) is 2. The van der Waals surface area contributed by atoms with Crippen molar-refractivity contribution in [1.29, 1.82) is 0 Å². The first kappa shape index (κ1) is 20.7. The summed E-state index contributed by atoms with van der Waals surface area (Å²) in [4.78, 5) is 12.6. The molecule has 2 N–H and O–H groups in total. The Balaban J connectivity index is 2.14. The summed E-state index contributed by atoms with van der Waals surface area (Å²) in [7, 11) is 1.36. The number of hydrogen-bond acceptors (Lipinski definition) is 4. The number of benzene rings is 2. The van der Waals surface area contributed by atoms with Crippen molar-refractivity contribution in [2.45, 2.75) is 26.5 Å². The lowest BCUT2D eigenvalue weighted by Gasteiger charge is -2.31. The fourth-order valence-corrected chi connectivity index (χ4v) is 3.42. The van der Waals surface area contributed by atoms with Crippen molar-refractivity contribution < 1.29 is 23.0 Å². The first-order valence-corrected chi connectivity index (χ1v) is 9.23. The van der Waals surface area contributed by atoms with E-state index in [0.717, 1.165) is 11.1 Å². The smallest absolute Gasteiger partial charge is 0.387 e. The van der Waals surface area contributed by atoms with E-state index in [1.165, 1.54) is 26.2 Å². The number of ketones is 1. The maximum Gasteiger partial charge on any atom is 0.387 e. The van der Waals surface area contributed by atoms with Gasteiger partial charge in [0, 0.05) is 5.57 Å². The molecule has 0 aliphatic carbocycles. The molecule has 1 aliphatic heterocycles. The molecule has 8 heteroatoms. The number of halogens is 2. The minimum Gasteiger partial charge on any atom is -0.493 e.